The van der Waals surface area contributed by atoms with Gasteiger partial charge in [0.15, 0.2) is 0 Å². The summed E-state index contributed by atoms with van der Waals surface area (Å²) in [5.41, 5.74) is 0. The van der Waals surface area contributed by atoms with Crippen LogP contribution in [0.3, 0.4) is 0 Å². The lowest BCUT2D eigenvalue weighted by molar-refractivity contribution is 0.485. The van der Waals surface area contributed by atoms with Crippen LogP contribution in [0.4, 0.5) is 4.39 Å². The average Bonchev–Trinajstić information content (AvgIpc) is 2.33. The predicted octanol–water partition coefficient (Wildman–Crippen LogP) is 3.90. The third kappa shape index (κ3) is 3.37. The van der Waals surface area contributed by atoms with E-state index < -0.39 is 15.9 Å². The summed E-state index contributed by atoms with van der Waals surface area (Å²) in [5, 5.41) is 0.436. The van der Waals surface area contributed by atoms with E-state index in [1.165, 1.54) is 30.3 Å². The molecule has 0 aliphatic rings. The lowest BCUT2D eigenvalue weighted by Gasteiger charge is -2.07. The second-order valence-electron chi connectivity index (χ2n) is 3.57. The zero-order valence-corrected chi connectivity index (χ0v) is 11.6. The van der Waals surface area contributed by atoms with Gasteiger partial charge in [0.2, 0.25) is 0 Å². The topological polar surface area (TPSA) is 43.4 Å². The summed E-state index contributed by atoms with van der Waals surface area (Å²) in [6, 6.07) is 8.54. The van der Waals surface area contributed by atoms with Gasteiger partial charge in [-0.3, -0.25) is 0 Å². The maximum absolute atomic E-state index is 13.0. The fourth-order valence-electron chi connectivity index (χ4n) is 1.33. The van der Waals surface area contributed by atoms with Crippen LogP contribution in [-0.4, -0.2) is 8.42 Å². The van der Waals surface area contributed by atoms with Gasteiger partial charge >= 0.3 is 10.1 Å². The maximum Gasteiger partial charge on any atom is 0.339 e. The third-order valence-corrected chi connectivity index (χ3v) is 4.16. The Morgan fingerprint density at radius 1 is 1.00 bits per heavy atom. The molecule has 0 N–H and O–H groups in total. The summed E-state index contributed by atoms with van der Waals surface area (Å²) < 4.78 is 41.6. The van der Waals surface area contributed by atoms with E-state index >= 15 is 0 Å². The minimum absolute atomic E-state index is 0.00124. The van der Waals surface area contributed by atoms with E-state index in [9.17, 15) is 12.8 Å². The Hall–Kier alpha value is -1.30. The lowest BCUT2D eigenvalue weighted by Crippen LogP contribution is -2.09. The summed E-state index contributed by atoms with van der Waals surface area (Å²) >= 11 is 11.5. The molecule has 0 bridgehead atoms. The van der Waals surface area contributed by atoms with Crippen LogP contribution in [0.25, 0.3) is 0 Å². The highest BCUT2D eigenvalue weighted by Crippen LogP contribution is 2.28. The number of benzene rings is 2. The molecule has 19 heavy (non-hydrogen) atoms. The summed E-state index contributed by atoms with van der Waals surface area (Å²) in [6.45, 7) is 0. The van der Waals surface area contributed by atoms with Crippen LogP contribution in [0.1, 0.15) is 0 Å². The second kappa shape index (κ2) is 5.36. The maximum atomic E-state index is 13.0. The van der Waals surface area contributed by atoms with Crippen molar-refractivity contribution < 1.29 is 17.0 Å². The van der Waals surface area contributed by atoms with Crippen molar-refractivity contribution >= 4 is 33.3 Å². The van der Waals surface area contributed by atoms with Crippen LogP contribution in [0, 0.1) is 5.82 Å². The van der Waals surface area contributed by atoms with E-state index in [0.717, 1.165) is 12.1 Å². The first kappa shape index (κ1) is 14.1. The first-order valence-corrected chi connectivity index (χ1v) is 7.20. The van der Waals surface area contributed by atoms with Crippen molar-refractivity contribution in [1.82, 2.24) is 0 Å². The first-order chi connectivity index (χ1) is 8.88. The number of hydrogen-bond acceptors (Lipinski definition) is 3. The van der Waals surface area contributed by atoms with E-state index in [4.69, 9.17) is 27.4 Å². The van der Waals surface area contributed by atoms with Crippen LogP contribution in [0.5, 0.6) is 5.75 Å². The average molecular weight is 321 g/mol. The molecule has 0 saturated carbocycles. The highest BCUT2D eigenvalue weighted by molar-refractivity contribution is 7.87. The molecule has 7 heteroatoms. The molecule has 0 atom stereocenters. The van der Waals surface area contributed by atoms with Gasteiger partial charge in [-0.05, 0) is 30.3 Å². The summed E-state index contributed by atoms with van der Waals surface area (Å²) in [6.07, 6.45) is 0. The van der Waals surface area contributed by atoms with Crippen molar-refractivity contribution in [2.75, 3.05) is 0 Å². The lowest BCUT2D eigenvalue weighted by atomic mass is 10.3. The van der Waals surface area contributed by atoms with E-state index in [1.807, 2.05) is 0 Å². The number of rotatable bonds is 3. The molecule has 0 spiro atoms. The van der Waals surface area contributed by atoms with Gasteiger partial charge in [-0.1, -0.05) is 29.3 Å². The van der Waals surface area contributed by atoms with Gasteiger partial charge in [0.05, 0.1) is 10.0 Å². The Bertz CT molecular complexity index is 717. The predicted molar refractivity (Wildman–Crippen MR) is 70.7 cm³/mol. The van der Waals surface area contributed by atoms with E-state index in [2.05, 4.69) is 0 Å². The van der Waals surface area contributed by atoms with Gasteiger partial charge in [0.1, 0.15) is 16.5 Å². The fourth-order valence-corrected chi connectivity index (χ4v) is 2.57. The standard InChI is InChI=1S/C12H7Cl2FO3S/c13-11-5-4-9(7-12(11)14)18-19(16,17)10-3-1-2-8(15)6-10/h1-7H. The van der Waals surface area contributed by atoms with Crippen molar-refractivity contribution in [3.05, 3.63) is 58.3 Å². The molecule has 0 amide bonds. The molecule has 0 saturated heterocycles. The Kier molecular flexibility index (Phi) is 3.99. The normalized spacial score (nSPS) is 11.3. The molecular formula is C12H7Cl2FO3S. The summed E-state index contributed by atoms with van der Waals surface area (Å²) in [4.78, 5) is -0.279. The Balaban J connectivity index is 2.33. The molecule has 0 fully saturated rings. The molecular weight excluding hydrogens is 314 g/mol. The quantitative estimate of drug-likeness (QED) is 0.805. The monoisotopic (exact) mass is 320 g/mol. The molecule has 0 unspecified atom stereocenters. The van der Waals surface area contributed by atoms with Crippen molar-refractivity contribution in [3.8, 4) is 5.75 Å². The third-order valence-electron chi connectivity index (χ3n) is 2.18. The zero-order chi connectivity index (χ0) is 14.0. The molecule has 0 aromatic heterocycles. The van der Waals surface area contributed by atoms with Crippen molar-refractivity contribution in [1.29, 1.82) is 0 Å². The summed E-state index contributed by atoms with van der Waals surface area (Å²) in [5.74, 6) is -0.669. The fraction of sp³-hybridized carbons (Fsp3) is 0. The molecule has 2 rings (SSSR count). The Morgan fingerprint density at radius 2 is 1.74 bits per heavy atom. The van der Waals surface area contributed by atoms with Gasteiger partial charge in [0, 0.05) is 6.07 Å². The van der Waals surface area contributed by atoms with Gasteiger partial charge in [-0.2, -0.15) is 8.42 Å². The minimum atomic E-state index is -4.11. The molecule has 3 nitrogen and oxygen atoms in total. The minimum Gasteiger partial charge on any atom is -0.379 e. The van der Waals surface area contributed by atoms with Gasteiger partial charge < -0.3 is 4.18 Å². The molecule has 2 aromatic carbocycles. The Morgan fingerprint density at radius 3 is 2.37 bits per heavy atom. The summed E-state index contributed by atoms with van der Waals surface area (Å²) in [7, 11) is -4.11. The van der Waals surface area contributed by atoms with Crippen LogP contribution in [0.15, 0.2) is 47.4 Å². The van der Waals surface area contributed by atoms with E-state index in [0.29, 0.717) is 0 Å². The second-order valence-corrected chi connectivity index (χ2v) is 5.93. The van der Waals surface area contributed by atoms with Crippen LogP contribution >= 0.6 is 23.2 Å². The highest BCUT2D eigenvalue weighted by Gasteiger charge is 2.17. The molecule has 100 valence electrons. The van der Waals surface area contributed by atoms with Crippen molar-refractivity contribution in [2.45, 2.75) is 4.90 Å². The highest BCUT2D eigenvalue weighted by atomic mass is 35.5. The van der Waals surface area contributed by atoms with E-state index in [-0.39, 0.29) is 20.7 Å². The molecule has 0 aliphatic heterocycles. The van der Waals surface area contributed by atoms with Crippen molar-refractivity contribution in [3.63, 3.8) is 0 Å². The van der Waals surface area contributed by atoms with Crippen LogP contribution < -0.4 is 4.18 Å². The zero-order valence-electron chi connectivity index (χ0n) is 9.31. The molecule has 0 heterocycles. The molecule has 0 aliphatic carbocycles. The van der Waals surface area contributed by atoms with Gasteiger partial charge in [-0.15, -0.1) is 0 Å². The smallest absolute Gasteiger partial charge is 0.339 e. The molecule has 0 radical (unpaired) electrons. The van der Waals surface area contributed by atoms with Crippen molar-refractivity contribution in [2.24, 2.45) is 0 Å². The van der Waals surface area contributed by atoms with Gasteiger partial charge in [0.25, 0.3) is 0 Å². The van der Waals surface area contributed by atoms with Crippen LogP contribution in [-0.2, 0) is 10.1 Å². The van der Waals surface area contributed by atoms with Crippen LogP contribution in [0.2, 0.25) is 10.0 Å². The number of hydrogen-bond donors (Lipinski definition) is 0. The van der Waals surface area contributed by atoms with Gasteiger partial charge in [-0.25, -0.2) is 4.39 Å². The van der Waals surface area contributed by atoms with E-state index in [1.54, 1.807) is 0 Å². The Labute approximate surface area is 119 Å². The molecule has 2 aromatic rings. The largest absolute Gasteiger partial charge is 0.379 e. The SMILES string of the molecule is O=S(=O)(Oc1ccc(Cl)c(Cl)c1)c1cccc(F)c1. The number of halogens is 3. The first-order valence-electron chi connectivity index (χ1n) is 5.03.